The Bertz CT molecular complexity index is 285. The van der Waals surface area contributed by atoms with E-state index < -0.39 is 0 Å². The lowest BCUT2D eigenvalue weighted by Gasteiger charge is -2.39. The molecule has 0 spiro atoms. The van der Waals surface area contributed by atoms with E-state index in [1.807, 2.05) is 0 Å². The predicted octanol–water partition coefficient (Wildman–Crippen LogP) is 3.52. The van der Waals surface area contributed by atoms with E-state index in [1.165, 1.54) is 45.3 Å². The average Bonchev–Trinajstić information content (AvgIpc) is 2.72. The van der Waals surface area contributed by atoms with E-state index in [2.05, 4.69) is 44.8 Å². The molecule has 0 amide bonds. The minimum absolute atomic E-state index is 0.537. The van der Waals surface area contributed by atoms with Gasteiger partial charge in [-0.05, 0) is 69.9 Å². The highest BCUT2D eigenvalue weighted by Crippen LogP contribution is 2.38. The normalized spacial score (nSPS) is 36.0. The van der Waals surface area contributed by atoms with Crippen LogP contribution in [0, 0.1) is 17.3 Å². The second-order valence-corrected chi connectivity index (χ2v) is 8.26. The molecule has 3 unspecified atom stereocenters. The first-order valence-electron chi connectivity index (χ1n) is 8.33. The summed E-state index contributed by atoms with van der Waals surface area (Å²) in [5.41, 5.74) is 0.537. The largest absolute Gasteiger partial charge is 0.314 e. The molecule has 19 heavy (non-hydrogen) atoms. The van der Waals surface area contributed by atoms with Gasteiger partial charge in [0.1, 0.15) is 0 Å². The molecule has 2 aliphatic rings. The smallest absolute Gasteiger partial charge is 0.00748 e. The number of nitrogens with zero attached hydrogens (tertiary/aromatic N) is 1. The number of likely N-dealkylation sites (tertiary alicyclic amines) is 1. The standard InChI is InChI=1S/C17H34N2/c1-13(2)19-7-6-15(12-19)11-18-16-8-14(3)9-17(4,5)10-16/h13-16,18H,6-12H2,1-5H3. The summed E-state index contributed by atoms with van der Waals surface area (Å²) < 4.78 is 0. The van der Waals surface area contributed by atoms with Crippen LogP contribution in [-0.2, 0) is 0 Å². The second-order valence-electron chi connectivity index (χ2n) is 8.26. The third-order valence-electron chi connectivity index (χ3n) is 5.13. The van der Waals surface area contributed by atoms with Crippen LogP contribution in [0.4, 0.5) is 0 Å². The topological polar surface area (TPSA) is 15.3 Å². The summed E-state index contributed by atoms with van der Waals surface area (Å²) in [4.78, 5) is 2.62. The first-order valence-corrected chi connectivity index (χ1v) is 8.33. The number of hydrogen-bond donors (Lipinski definition) is 1. The summed E-state index contributed by atoms with van der Waals surface area (Å²) >= 11 is 0. The third-order valence-corrected chi connectivity index (χ3v) is 5.13. The maximum Gasteiger partial charge on any atom is 0.00748 e. The molecule has 1 saturated carbocycles. The highest BCUT2D eigenvalue weighted by Gasteiger charge is 2.32. The Morgan fingerprint density at radius 2 is 2.00 bits per heavy atom. The highest BCUT2D eigenvalue weighted by molar-refractivity contribution is 4.88. The molecule has 0 bridgehead atoms. The Hall–Kier alpha value is -0.0800. The molecule has 1 N–H and O–H groups in total. The third kappa shape index (κ3) is 4.46. The summed E-state index contributed by atoms with van der Waals surface area (Å²) in [7, 11) is 0. The van der Waals surface area contributed by atoms with Gasteiger partial charge in [-0.1, -0.05) is 20.8 Å². The summed E-state index contributed by atoms with van der Waals surface area (Å²) in [6.07, 6.45) is 5.52. The van der Waals surface area contributed by atoms with E-state index in [9.17, 15) is 0 Å². The quantitative estimate of drug-likeness (QED) is 0.837. The first kappa shape index (κ1) is 15.3. The molecule has 0 aromatic rings. The predicted molar refractivity (Wildman–Crippen MR) is 83.4 cm³/mol. The van der Waals surface area contributed by atoms with Gasteiger partial charge < -0.3 is 10.2 Å². The van der Waals surface area contributed by atoms with Gasteiger partial charge in [-0.3, -0.25) is 0 Å². The minimum Gasteiger partial charge on any atom is -0.314 e. The van der Waals surface area contributed by atoms with Gasteiger partial charge in [0, 0.05) is 18.6 Å². The van der Waals surface area contributed by atoms with Gasteiger partial charge in [-0.2, -0.15) is 0 Å². The molecule has 1 aliphatic carbocycles. The van der Waals surface area contributed by atoms with Gasteiger partial charge in [-0.25, -0.2) is 0 Å². The molecular weight excluding hydrogens is 232 g/mol. The summed E-state index contributed by atoms with van der Waals surface area (Å²) in [6.45, 7) is 15.8. The fraction of sp³-hybridized carbons (Fsp3) is 1.00. The number of rotatable bonds is 4. The van der Waals surface area contributed by atoms with Crippen molar-refractivity contribution in [1.82, 2.24) is 10.2 Å². The zero-order chi connectivity index (χ0) is 14.0. The Labute approximate surface area is 120 Å². The second kappa shape index (κ2) is 6.13. The van der Waals surface area contributed by atoms with Gasteiger partial charge in [0.2, 0.25) is 0 Å². The lowest BCUT2D eigenvalue weighted by Crippen LogP contribution is -2.42. The van der Waals surface area contributed by atoms with Crippen molar-refractivity contribution in [3.63, 3.8) is 0 Å². The zero-order valence-electron chi connectivity index (χ0n) is 13.7. The van der Waals surface area contributed by atoms with Crippen molar-refractivity contribution >= 4 is 0 Å². The number of hydrogen-bond acceptors (Lipinski definition) is 2. The molecule has 0 radical (unpaired) electrons. The molecule has 0 aromatic carbocycles. The first-order chi connectivity index (χ1) is 8.85. The van der Waals surface area contributed by atoms with Crippen molar-refractivity contribution < 1.29 is 0 Å². The van der Waals surface area contributed by atoms with E-state index in [0.29, 0.717) is 5.41 Å². The zero-order valence-corrected chi connectivity index (χ0v) is 13.7. The van der Waals surface area contributed by atoms with Crippen molar-refractivity contribution in [2.24, 2.45) is 17.3 Å². The number of nitrogens with one attached hydrogen (secondary N) is 1. The molecule has 2 rings (SSSR count). The van der Waals surface area contributed by atoms with E-state index >= 15 is 0 Å². The molecule has 1 aliphatic heterocycles. The molecule has 2 nitrogen and oxygen atoms in total. The van der Waals surface area contributed by atoms with Crippen LogP contribution in [0.2, 0.25) is 0 Å². The Kier molecular flexibility index (Phi) is 4.94. The van der Waals surface area contributed by atoms with Gasteiger partial charge in [-0.15, -0.1) is 0 Å². The van der Waals surface area contributed by atoms with E-state index in [-0.39, 0.29) is 0 Å². The molecule has 1 saturated heterocycles. The fourth-order valence-corrected chi connectivity index (χ4v) is 4.33. The lowest BCUT2D eigenvalue weighted by molar-refractivity contribution is 0.148. The maximum absolute atomic E-state index is 3.88. The van der Waals surface area contributed by atoms with Crippen molar-refractivity contribution in [3.05, 3.63) is 0 Å². The minimum atomic E-state index is 0.537. The van der Waals surface area contributed by atoms with Crippen LogP contribution in [0.1, 0.15) is 60.3 Å². The Balaban J connectivity index is 1.74. The van der Waals surface area contributed by atoms with Crippen LogP contribution in [0.3, 0.4) is 0 Å². The summed E-state index contributed by atoms with van der Waals surface area (Å²) in [6, 6.07) is 1.48. The van der Waals surface area contributed by atoms with Gasteiger partial charge in [0.05, 0.1) is 0 Å². The van der Waals surface area contributed by atoms with Gasteiger partial charge >= 0.3 is 0 Å². The highest BCUT2D eigenvalue weighted by atomic mass is 15.2. The van der Waals surface area contributed by atoms with E-state index in [0.717, 1.165) is 23.9 Å². The average molecular weight is 266 g/mol. The summed E-state index contributed by atoms with van der Waals surface area (Å²) in [5.74, 6) is 1.76. The Morgan fingerprint density at radius 3 is 2.58 bits per heavy atom. The van der Waals surface area contributed by atoms with Gasteiger partial charge in [0.15, 0.2) is 0 Å². The van der Waals surface area contributed by atoms with Crippen LogP contribution in [-0.4, -0.2) is 36.6 Å². The van der Waals surface area contributed by atoms with E-state index in [1.54, 1.807) is 0 Å². The van der Waals surface area contributed by atoms with E-state index in [4.69, 9.17) is 0 Å². The van der Waals surface area contributed by atoms with Crippen LogP contribution in [0.15, 0.2) is 0 Å². The molecule has 0 aromatic heterocycles. The van der Waals surface area contributed by atoms with Gasteiger partial charge in [0.25, 0.3) is 0 Å². The van der Waals surface area contributed by atoms with Crippen LogP contribution in [0.5, 0.6) is 0 Å². The lowest BCUT2D eigenvalue weighted by atomic mass is 9.70. The molecule has 2 fully saturated rings. The molecular formula is C17H34N2. The maximum atomic E-state index is 3.88. The molecule has 2 heteroatoms. The van der Waals surface area contributed by atoms with Crippen molar-refractivity contribution in [2.75, 3.05) is 19.6 Å². The monoisotopic (exact) mass is 266 g/mol. The van der Waals surface area contributed by atoms with Crippen molar-refractivity contribution in [1.29, 1.82) is 0 Å². The summed E-state index contributed by atoms with van der Waals surface area (Å²) in [5, 5.41) is 3.88. The molecule has 1 heterocycles. The fourth-order valence-electron chi connectivity index (χ4n) is 4.33. The molecule has 112 valence electrons. The van der Waals surface area contributed by atoms with Crippen LogP contribution in [0.25, 0.3) is 0 Å². The SMILES string of the molecule is CC1CC(NCC2CCN(C(C)C)C2)CC(C)(C)C1. The van der Waals surface area contributed by atoms with Crippen LogP contribution >= 0.6 is 0 Å². The van der Waals surface area contributed by atoms with Crippen molar-refractivity contribution in [3.8, 4) is 0 Å². The van der Waals surface area contributed by atoms with Crippen LogP contribution < -0.4 is 5.32 Å². The van der Waals surface area contributed by atoms with Crippen molar-refractivity contribution in [2.45, 2.75) is 72.4 Å². The Morgan fingerprint density at radius 1 is 1.26 bits per heavy atom. The molecule has 3 atom stereocenters.